The van der Waals surface area contributed by atoms with E-state index in [9.17, 15) is 13.0 Å². The van der Waals surface area contributed by atoms with E-state index in [2.05, 4.69) is 15.0 Å². The van der Waals surface area contributed by atoms with Crippen molar-refractivity contribution >= 4 is 15.9 Å². The number of aromatic nitrogens is 3. The standard InChI is InChI=1S/C17H16N4O3S/c22-25(23,24)16-7-10-20-17(11-16)21(12-14-5-1-3-8-18-14)13-15-6-2-4-9-19-15/h1-11H,12-13H2,(H,22,23,24). The maximum absolute atomic E-state index is 11.4. The molecule has 0 aliphatic rings. The first-order valence-corrected chi connectivity index (χ1v) is 8.95. The van der Waals surface area contributed by atoms with Crippen molar-refractivity contribution in [1.82, 2.24) is 15.0 Å². The van der Waals surface area contributed by atoms with Crippen molar-refractivity contribution < 1.29 is 13.0 Å². The van der Waals surface area contributed by atoms with E-state index in [0.29, 0.717) is 18.9 Å². The highest BCUT2D eigenvalue weighted by molar-refractivity contribution is 7.85. The van der Waals surface area contributed by atoms with Gasteiger partial charge >= 0.3 is 0 Å². The molecule has 3 aromatic rings. The van der Waals surface area contributed by atoms with E-state index in [1.807, 2.05) is 41.3 Å². The first kappa shape index (κ1) is 17.0. The highest BCUT2D eigenvalue weighted by Crippen LogP contribution is 2.20. The Balaban J connectivity index is 1.95. The van der Waals surface area contributed by atoms with E-state index in [0.717, 1.165) is 11.4 Å². The number of rotatable bonds is 6. The summed E-state index contributed by atoms with van der Waals surface area (Å²) in [6, 6.07) is 13.7. The molecule has 0 amide bonds. The fourth-order valence-corrected chi connectivity index (χ4v) is 2.81. The lowest BCUT2D eigenvalue weighted by molar-refractivity contribution is 0.483. The van der Waals surface area contributed by atoms with Crippen LogP contribution in [-0.2, 0) is 23.2 Å². The zero-order chi connectivity index (χ0) is 17.7. The van der Waals surface area contributed by atoms with E-state index >= 15 is 0 Å². The van der Waals surface area contributed by atoms with Gasteiger partial charge in [0.1, 0.15) is 5.82 Å². The van der Waals surface area contributed by atoms with Gasteiger partial charge in [0.25, 0.3) is 10.1 Å². The van der Waals surface area contributed by atoms with Gasteiger partial charge in [-0.1, -0.05) is 12.1 Å². The summed E-state index contributed by atoms with van der Waals surface area (Å²) >= 11 is 0. The summed E-state index contributed by atoms with van der Waals surface area (Å²) in [5.74, 6) is 0.409. The largest absolute Gasteiger partial charge is 0.345 e. The van der Waals surface area contributed by atoms with Crippen molar-refractivity contribution in [2.45, 2.75) is 18.0 Å². The lowest BCUT2D eigenvalue weighted by atomic mass is 10.2. The first-order valence-electron chi connectivity index (χ1n) is 7.51. The molecule has 0 bridgehead atoms. The van der Waals surface area contributed by atoms with Gasteiger partial charge < -0.3 is 4.90 Å². The second-order valence-electron chi connectivity index (χ2n) is 5.32. The Morgan fingerprint density at radius 1 is 0.840 bits per heavy atom. The van der Waals surface area contributed by atoms with Crippen LogP contribution in [0, 0.1) is 0 Å². The van der Waals surface area contributed by atoms with Gasteiger partial charge in [-0.25, -0.2) is 4.98 Å². The van der Waals surface area contributed by atoms with Crippen LogP contribution in [0.5, 0.6) is 0 Å². The maximum Gasteiger partial charge on any atom is 0.294 e. The van der Waals surface area contributed by atoms with E-state index in [1.165, 1.54) is 18.3 Å². The molecular weight excluding hydrogens is 340 g/mol. The molecule has 3 heterocycles. The average Bonchev–Trinajstić information content (AvgIpc) is 2.62. The molecule has 0 aliphatic carbocycles. The maximum atomic E-state index is 11.4. The van der Waals surface area contributed by atoms with Crippen LogP contribution in [-0.4, -0.2) is 27.9 Å². The molecule has 0 aliphatic heterocycles. The fourth-order valence-electron chi connectivity index (χ4n) is 2.33. The number of hydrogen-bond donors (Lipinski definition) is 1. The SMILES string of the molecule is O=S(=O)(O)c1ccnc(N(Cc2ccccn2)Cc2ccccn2)c1. The van der Waals surface area contributed by atoms with Crippen molar-refractivity contribution in [3.63, 3.8) is 0 Å². The monoisotopic (exact) mass is 356 g/mol. The molecule has 0 fully saturated rings. The van der Waals surface area contributed by atoms with Gasteiger partial charge in [0.15, 0.2) is 0 Å². The molecular formula is C17H16N4O3S. The van der Waals surface area contributed by atoms with Crippen LogP contribution in [0.4, 0.5) is 5.82 Å². The smallest absolute Gasteiger partial charge is 0.294 e. The Morgan fingerprint density at radius 3 is 1.92 bits per heavy atom. The van der Waals surface area contributed by atoms with E-state index in [-0.39, 0.29) is 4.90 Å². The molecule has 3 aromatic heterocycles. The fraction of sp³-hybridized carbons (Fsp3) is 0.118. The van der Waals surface area contributed by atoms with Crippen LogP contribution in [0.2, 0.25) is 0 Å². The molecule has 1 N–H and O–H groups in total. The van der Waals surface area contributed by atoms with Gasteiger partial charge in [-0.2, -0.15) is 8.42 Å². The molecule has 0 atom stereocenters. The summed E-state index contributed by atoms with van der Waals surface area (Å²) in [5, 5.41) is 0. The molecule has 8 heteroatoms. The quantitative estimate of drug-likeness (QED) is 0.677. The second kappa shape index (κ2) is 7.37. The molecule has 0 aromatic carbocycles. The molecule has 0 saturated carbocycles. The lowest BCUT2D eigenvalue weighted by Crippen LogP contribution is -2.24. The Hall–Kier alpha value is -2.84. The highest BCUT2D eigenvalue weighted by atomic mass is 32.2. The second-order valence-corrected chi connectivity index (χ2v) is 6.74. The van der Waals surface area contributed by atoms with Gasteiger partial charge in [-0.3, -0.25) is 14.5 Å². The van der Waals surface area contributed by atoms with E-state index < -0.39 is 10.1 Å². The Labute approximate surface area is 145 Å². The molecule has 128 valence electrons. The summed E-state index contributed by atoms with van der Waals surface area (Å²) in [6.07, 6.45) is 4.73. The van der Waals surface area contributed by atoms with E-state index in [1.54, 1.807) is 12.4 Å². The van der Waals surface area contributed by atoms with Crippen LogP contribution in [0.1, 0.15) is 11.4 Å². The Kier molecular flexibility index (Phi) is 5.01. The third-order valence-electron chi connectivity index (χ3n) is 3.50. The Bertz CT molecular complexity index is 893. The normalized spacial score (nSPS) is 11.2. The van der Waals surface area contributed by atoms with Crippen LogP contribution >= 0.6 is 0 Å². The molecule has 0 spiro atoms. The van der Waals surface area contributed by atoms with Gasteiger partial charge in [0.05, 0.1) is 29.4 Å². The summed E-state index contributed by atoms with van der Waals surface area (Å²) in [7, 11) is -4.30. The van der Waals surface area contributed by atoms with Crippen molar-refractivity contribution in [2.24, 2.45) is 0 Å². The molecule has 0 saturated heterocycles. The summed E-state index contributed by atoms with van der Waals surface area (Å²) < 4.78 is 32.1. The first-order chi connectivity index (χ1) is 12.0. The van der Waals surface area contributed by atoms with Crippen LogP contribution in [0.3, 0.4) is 0 Å². The minimum Gasteiger partial charge on any atom is -0.345 e. The minimum atomic E-state index is -4.30. The van der Waals surface area contributed by atoms with Gasteiger partial charge in [0.2, 0.25) is 0 Å². The molecule has 3 rings (SSSR count). The summed E-state index contributed by atoms with van der Waals surface area (Å²) in [5.41, 5.74) is 1.61. The Morgan fingerprint density at radius 2 is 1.44 bits per heavy atom. The van der Waals surface area contributed by atoms with Crippen molar-refractivity contribution in [2.75, 3.05) is 4.90 Å². The molecule has 25 heavy (non-hydrogen) atoms. The zero-order valence-electron chi connectivity index (χ0n) is 13.2. The molecule has 0 radical (unpaired) electrons. The highest BCUT2D eigenvalue weighted by Gasteiger charge is 2.16. The van der Waals surface area contributed by atoms with Crippen molar-refractivity contribution in [3.05, 3.63) is 78.5 Å². The third-order valence-corrected chi connectivity index (χ3v) is 4.35. The summed E-state index contributed by atoms with van der Waals surface area (Å²) in [4.78, 5) is 14.5. The summed E-state index contributed by atoms with van der Waals surface area (Å²) in [6.45, 7) is 0.832. The van der Waals surface area contributed by atoms with E-state index in [4.69, 9.17) is 0 Å². The minimum absolute atomic E-state index is 0.204. The topological polar surface area (TPSA) is 96.3 Å². The average molecular weight is 356 g/mol. The predicted octanol–water partition coefficient (Wildman–Crippen LogP) is 2.33. The van der Waals surface area contributed by atoms with Crippen molar-refractivity contribution in [3.8, 4) is 0 Å². The van der Waals surface area contributed by atoms with Crippen LogP contribution < -0.4 is 4.90 Å². The van der Waals surface area contributed by atoms with Gasteiger partial charge in [-0.05, 0) is 30.3 Å². The number of hydrogen-bond acceptors (Lipinski definition) is 6. The van der Waals surface area contributed by atoms with Crippen LogP contribution in [0.25, 0.3) is 0 Å². The number of anilines is 1. The van der Waals surface area contributed by atoms with Crippen molar-refractivity contribution in [1.29, 1.82) is 0 Å². The third kappa shape index (κ3) is 4.59. The van der Waals surface area contributed by atoms with Crippen LogP contribution in [0.15, 0.2) is 72.0 Å². The molecule has 0 unspecified atom stereocenters. The predicted molar refractivity (Wildman–Crippen MR) is 92.4 cm³/mol. The lowest BCUT2D eigenvalue weighted by Gasteiger charge is -2.23. The van der Waals surface area contributed by atoms with Gasteiger partial charge in [-0.15, -0.1) is 0 Å². The number of nitrogens with zero attached hydrogens (tertiary/aromatic N) is 4. The number of pyridine rings is 3. The van der Waals surface area contributed by atoms with Gasteiger partial charge in [0, 0.05) is 24.7 Å². The molecule has 7 nitrogen and oxygen atoms in total. The zero-order valence-corrected chi connectivity index (χ0v) is 14.0.